The first-order valence-corrected chi connectivity index (χ1v) is 6.75. The molecular formula is C13H17Cl2NO2. The first kappa shape index (κ1) is 13.9. The number of benzene rings is 1. The largest absolute Gasteiger partial charge is 0.377 e. The summed E-state index contributed by atoms with van der Waals surface area (Å²) in [5, 5.41) is 0.708. The van der Waals surface area contributed by atoms with Crippen molar-refractivity contribution in [2.75, 3.05) is 32.2 Å². The molecule has 1 aliphatic heterocycles. The van der Waals surface area contributed by atoms with E-state index >= 15 is 0 Å². The lowest BCUT2D eigenvalue weighted by Gasteiger charge is -2.21. The monoisotopic (exact) mass is 289 g/mol. The van der Waals surface area contributed by atoms with Gasteiger partial charge in [0, 0.05) is 43.9 Å². The van der Waals surface area contributed by atoms with Crippen molar-refractivity contribution in [2.45, 2.75) is 18.1 Å². The Kier molecular flexibility index (Phi) is 4.73. The van der Waals surface area contributed by atoms with Crippen LogP contribution in [-0.2, 0) is 15.4 Å². The molecule has 3 nitrogen and oxygen atoms in total. The minimum atomic E-state index is 0.0915. The zero-order chi connectivity index (χ0) is 13.1. The average molecular weight is 290 g/mol. The van der Waals surface area contributed by atoms with Gasteiger partial charge < -0.3 is 14.4 Å². The fourth-order valence-electron chi connectivity index (χ4n) is 2.36. The Morgan fingerprint density at radius 3 is 2.33 bits per heavy atom. The molecule has 0 bridgehead atoms. The molecular weight excluding hydrogens is 273 g/mol. The summed E-state index contributed by atoms with van der Waals surface area (Å²) in [5.74, 6) is 0.446. The molecule has 18 heavy (non-hydrogen) atoms. The number of nitrogens with zero attached hydrogens (tertiary/aromatic N) is 1. The van der Waals surface area contributed by atoms with E-state index in [1.54, 1.807) is 14.2 Å². The van der Waals surface area contributed by atoms with Crippen LogP contribution < -0.4 is 4.90 Å². The molecule has 1 aliphatic rings. The van der Waals surface area contributed by atoms with E-state index in [-0.39, 0.29) is 12.2 Å². The molecule has 1 heterocycles. The van der Waals surface area contributed by atoms with E-state index < -0.39 is 0 Å². The summed E-state index contributed by atoms with van der Waals surface area (Å²) in [6, 6.07) is 5.80. The fraction of sp³-hybridized carbons (Fsp3) is 0.538. The Morgan fingerprint density at radius 2 is 1.83 bits per heavy atom. The highest BCUT2D eigenvalue weighted by Gasteiger charge is 2.33. The molecule has 2 rings (SSSR count). The number of methoxy groups -OCH3 is 2. The number of alkyl halides is 1. The van der Waals surface area contributed by atoms with Crippen LogP contribution in [0.3, 0.4) is 0 Å². The van der Waals surface area contributed by atoms with Crippen molar-refractivity contribution in [3.8, 4) is 0 Å². The van der Waals surface area contributed by atoms with Crippen LogP contribution in [0.25, 0.3) is 0 Å². The second kappa shape index (κ2) is 6.11. The van der Waals surface area contributed by atoms with Crippen LogP contribution in [0.15, 0.2) is 18.2 Å². The number of halogens is 2. The van der Waals surface area contributed by atoms with Gasteiger partial charge in [-0.1, -0.05) is 11.6 Å². The molecule has 5 heteroatoms. The fourth-order valence-corrected chi connectivity index (χ4v) is 2.77. The maximum absolute atomic E-state index is 5.99. The lowest BCUT2D eigenvalue weighted by molar-refractivity contribution is -0.00461. The van der Waals surface area contributed by atoms with E-state index in [0.717, 1.165) is 24.3 Å². The Labute approximate surface area is 118 Å². The van der Waals surface area contributed by atoms with Gasteiger partial charge in [0.2, 0.25) is 0 Å². The Morgan fingerprint density at radius 1 is 1.22 bits per heavy atom. The maximum atomic E-state index is 5.99. The minimum Gasteiger partial charge on any atom is -0.377 e. The molecule has 1 aromatic rings. The quantitative estimate of drug-likeness (QED) is 0.796. The van der Waals surface area contributed by atoms with E-state index in [0.29, 0.717) is 10.9 Å². The summed E-state index contributed by atoms with van der Waals surface area (Å²) in [4.78, 5) is 2.23. The molecule has 1 fully saturated rings. The lowest BCUT2D eigenvalue weighted by Crippen LogP contribution is -2.27. The third-order valence-corrected chi connectivity index (χ3v) is 3.87. The highest BCUT2D eigenvalue weighted by Crippen LogP contribution is 2.29. The van der Waals surface area contributed by atoms with E-state index in [9.17, 15) is 0 Å². The van der Waals surface area contributed by atoms with Crippen LogP contribution >= 0.6 is 23.2 Å². The van der Waals surface area contributed by atoms with Crippen molar-refractivity contribution < 1.29 is 9.47 Å². The average Bonchev–Trinajstić information content (AvgIpc) is 2.81. The van der Waals surface area contributed by atoms with E-state index in [4.69, 9.17) is 32.7 Å². The van der Waals surface area contributed by atoms with E-state index in [2.05, 4.69) is 4.90 Å². The molecule has 0 aromatic heterocycles. The topological polar surface area (TPSA) is 21.7 Å². The summed E-state index contributed by atoms with van der Waals surface area (Å²) in [7, 11) is 3.43. The first-order chi connectivity index (χ1) is 8.69. The number of anilines is 1. The standard InChI is InChI=1S/C13H17Cl2NO2/c1-17-12-7-16(8-13(12)18-2)11-4-3-10(15)5-9(11)6-14/h3-5,12-13H,6-8H2,1-2H3. The molecule has 0 spiro atoms. The summed E-state index contributed by atoms with van der Waals surface area (Å²) >= 11 is 12.0. The van der Waals surface area contributed by atoms with Gasteiger partial charge in [-0.05, 0) is 23.8 Å². The third-order valence-electron chi connectivity index (χ3n) is 3.35. The molecule has 0 saturated carbocycles. The second-order valence-electron chi connectivity index (χ2n) is 4.36. The van der Waals surface area contributed by atoms with Crippen molar-refractivity contribution in [1.82, 2.24) is 0 Å². The van der Waals surface area contributed by atoms with Gasteiger partial charge in [0.15, 0.2) is 0 Å². The van der Waals surface area contributed by atoms with Crippen LogP contribution in [0.2, 0.25) is 5.02 Å². The normalized spacial score (nSPS) is 23.7. The molecule has 0 amide bonds. The van der Waals surface area contributed by atoms with Gasteiger partial charge in [-0.2, -0.15) is 0 Å². The summed E-state index contributed by atoms with van der Waals surface area (Å²) in [5.41, 5.74) is 2.15. The highest BCUT2D eigenvalue weighted by atomic mass is 35.5. The molecule has 1 saturated heterocycles. The third kappa shape index (κ3) is 2.75. The molecule has 0 N–H and O–H groups in total. The SMILES string of the molecule is COC1CN(c2ccc(Cl)cc2CCl)CC1OC. The molecule has 2 unspecified atom stereocenters. The molecule has 100 valence electrons. The molecule has 0 radical (unpaired) electrons. The minimum absolute atomic E-state index is 0.0915. The van der Waals surface area contributed by atoms with Crippen molar-refractivity contribution in [1.29, 1.82) is 0 Å². The summed E-state index contributed by atoms with van der Waals surface area (Å²) in [6.07, 6.45) is 0.183. The van der Waals surface area contributed by atoms with Gasteiger partial charge >= 0.3 is 0 Å². The first-order valence-electron chi connectivity index (χ1n) is 5.84. The van der Waals surface area contributed by atoms with Crippen LogP contribution in [0.4, 0.5) is 5.69 Å². The Balaban J connectivity index is 2.22. The van der Waals surface area contributed by atoms with Gasteiger partial charge in [-0.15, -0.1) is 11.6 Å². The van der Waals surface area contributed by atoms with Crippen LogP contribution in [0.1, 0.15) is 5.56 Å². The van der Waals surface area contributed by atoms with Crippen molar-refractivity contribution >= 4 is 28.9 Å². The van der Waals surface area contributed by atoms with Gasteiger partial charge in [0.1, 0.15) is 12.2 Å². The van der Waals surface area contributed by atoms with Gasteiger partial charge in [-0.25, -0.2) is 0 Å². The predicted octanol–water partition coefficient (Wildman–Crippen LogP) is 2.93. The van der Waals surface area contributed by atoms with Crippen molar-refractivity contribution in [3.63, 3.8) is 0 Å². The van der Waals surface area contributed by atoms with Crippen molar-refractivity contribution in [3.05, 3.63) is 28.8 Å². The molecule has 0 aliphatic carbocycles. The van der Waals surface area contributed by atoms with Gasteiger partial charge in [-0.3, -0.25) is 0 Å². The second-order valence-corrected chi connectivity index (χ2v) is 5.06. The highest BCUT2D eigenvalue weighted by molar-refractivity contribution is 6.30. The Hall–Kier alpha value is -0.480. The zero-order valence-electron chi connectivity index (χ0n) is 10.5. The van der Waals surface area contributed by atoms with Gasteiger partial charge in [0.05, 0.1) is 0 Å². The molecule has 2 atom stereocenters. The van der Waals surface area contributed by atoms with Crippen LogP contribution in [-0.4, -0.2) is 39.5 Å². The number of hydrogen-bond donors (Lipinski definition) is 0. The summed E-state index contributed by atoms with van der Waals surface area (Å²) in [6.45, 7) is 1.61. The summed E-state index contributed by atoms with van der Waals surface area (Å²) < 4.78 is 10.9. The number of rotatable bonds is 4. The molecule has 1 aromatic carbocycles. The number of hydrogen-bond acceptors (Lipinski definition) is 3. The lowest BCUT2D eigenvalue weighted by atomic mass is 10.2. The maximum Gasteiger partial charge on any atom is 0.102 e. The van der Waals surface area contributed by atoms with Crippen molar-refractivity contribution in [2.24, 2.45) is 0 Å². The zero-order valence-corrected chi connectivity index (χ0v) is 12.0. The number of ether oxygens (including phenoxy) is 2. The van der Waals surface area contributed by atoms with E-state index in [1.807, 2.05) is 18.2 Å². The predicted molar refractivity (Wildman–Crippen MR) is 74.8 cm³/mol. The van der Waals surface area contributed by atoms with E-state index in [1.165, 1.54) is 0 Å². The van der Waals surface area contributed by atoms with Gasteiger partial charge in [0.25, 0.3) is 0 Å². The smallest absolute Gasteiger partial charge is 0.102 e. The van der Waals surface area contributed by atoms with Crippen LogP contribution in [0, 0.1) is 0 Å². The Bertz CT molecular complexity index is 402. The van der Waals surface area contributed by atoms with Crippen LogP contribution in [0.5, 0.6) is 0 Å².